The van der Waals surface area contributed by atoms with E-state index in [1.165, 1.54) is 0 Å². The van der Waals surface area contributed by atoms with Crippen LogP contribution in [-0.2, 0) is 27.3 Å². The fraction of sp³-hybridized carbons (Fsp3) is 0.381. The van der Waals surface area contributed by atoms with Crippen molar-refractivity contribution in [1.82, 2.24) is 9.88 Å². The first kappa shape index (κ1) is 21.2. The smallest absolute Gasteiger partial charge is 0.340 e. The lowest BCUT2D eigenvalue weighted by Crippen LogP contribution is -2.35. The molecule has 2 aromatic rings. The van der Waals surface area contributed by atoms with Gasteiger partial charge in [0.15, 0.2) is 6.61 Å². The van der Waals surface area contributed by atoms with Crippen molar-refractivity contribution in [3.8, 4) is 0 Å². The van der Waals surface area contributed by atoms with Crippen LogP contribution in [0.4, 0.5) is 5.69 Å². The number of esters is 1. The lowest BCUT2D eigenvalue weighted by molar-refractivity contribution is -0.126. The summed E-state index contributed by atoms with van der Waals surface area (Å²) in [4.78, 5) is 36.1. The van der Waals surface area contributed by atoms with Gasteiger partial charge in [0, 0.05) is 23.6 Å². The lowest BCUT2D eigenvalue weighted by Gasteiger charge is -2.10. The molecule has 7 heteroatoms. The quantitative estimate of drug-likeness (QED) is 0.684. The zero-order valence-corrected chi connectivity index (χ0v) is 16.8. The van der Waals surface area contributed by atoms with E-state index in [2.05, 4.69) is 10.6 Å². The molecule has 0 spiro atoms. The van der Waals surface area contributed by atoms with Gasteiger partial charge in [-0.15, -0.1) is 0 Å². The number of amides is 2. The summed E-state index contributed by atoms with van der Waals surface area (Å²) in [5, 5.41) is 5.22. The number of para-hydroxylation sites is 1. The van der Waals surface area contributed by atoms with Crippen molar-refractivity contribution in [2.24, 2.45) is 0 Å². The molecule has 1 aromatic carbocycles. The van der Waals surface area contributed by atoms with Gasteiger partial charge >= 0.3 is 5.97 Å². The lowest BCUT2D eigenvalue weighted by atomic mass is 10.1. The number of ether oxygens (including phenoxy) is 1. The maximum atomic E-state index is 12.2. The van der Waals surface area contributed by atoms with Crippen LogP contribution in [-0.4, -0.2) is 35.5 Å². The molecule has 7 nitrogen and oxygen atoms in total. The van der Waals surface area contributed by atoms with Gasteiger partial charge in [0.25, 0.3) is 5.91 Å². The number of nitrogens with one attached hydrogen (secondary N) is 2. The molecule has 0 aliphatic heterocycles. The van der Waals surface area contributed by atoms with Crippen LogP contribution in [0, 0.1) is 13.8 Å². The van der Waals surface area contributed by atoms with Crippen LogP contribution in [0.15, 0.2) is 30.3 Å². The largest absolute Gasteiger partial charge is 0.452 e. The molecule has 1 heterocycles. The molecule has 0 unspecified atom stereocenters. The minimum absolute atomic E-state index is 0.196. The number of nitrogens with zero attached hydrogens (tertiary/aromatic N) is 1. The van der Waals surface area contributed by atoms with Crippen molar-refractivity contribution in [1.29, 1.82) is 0 Å². The number of carbonyl (C=O) groups excluding carboxylic acids is 3. The summed E-state index contributed by atoms with van der Waals surface area (Å²) in [6, 6.07) is 9.23. The Balaban J connectivity index is 1.81. The van der Waals surface area contributed by atoms with Crippen LogP contribution in [0.5, 0.6) is 0 Å². The van der Waals surface area contributed by atoms with E-state index in [9.17, 15) is 14.4 Å². The summed E-state index contributed by atoms with van der Waals surface area (Å²) in [5.41, 5.74) is 3.95. The van der Waals surface area contributed by atoms with E-state index in [1.54, 1.807) is 6.07 Å². The average molecular weight is 385 g/mol. The average Bonchev–Trinajstić information content (AvgIpc) is 2.98. The van der Waals surface area contributed by atoms with Gasteiger partial charge in [-0.25, -0.2) is 4.79 Å². The Kier molecular flexibility index (Phi) is 7.37. The van der Waals surface area contributed by atoms with Crippen LogP contribution < -0.4 is 10.6 Å². The number of aromatic nitrogens is 1. The molecule has 0 atom stereocenters. The number of hydrogen-bond acceptors (Lipinski definition) is 4. The van der Waals surface area contributed by atoms with Crippen molar-refractivity contribution in [2.75, 3.05) is 18.5 Å². The van der Waals surface area contributed by atoms with Crippen LogP contribution in [0.3, 0.4) is 0 Å². The van der Waals surface area contributed by atoms with E-state index in [-0.39, 0.29) is 12.5 Å². The molecule has 28 heavy (non-hydrogen) atoms. The standard InChI is InChI=1S/C21H27N3O4/c1-5-16-9-7-8-10-18(16)23-19(25)12-22-20(26)13-28-21(27)17-11-14(3)24(6-2)15(17)4/h7-11H,5-6,12-13H2,1-4H3,(H,22,26)(H,23,25). The normalized spacial score (nSPS) is 10.4. The highest BCUT2D eigenvalue weighted by molar-refractivity contribution is 5.96. The molecular formula is C21H27N3O4. The second-order valence-electron chi connectivity index (χ2n) is 6.44. The Morgan fingerprint density at radius 1 is 1.07 bits per heavy atom. The van der Waals surface area contributed by atoms with Crippen molar-refractivity contribution in [3.63, 3.8) is 0 Å². The minimum atomic E-state index is -0.552. The number of carbonyl (C=O) groups is 3. The highest BCUT2D eigenvalue weighted by Gasteiger charge is 2.17. The summed E-state index contributed by atoms with van der Waals surface area (Å²) in [5.74, 6) is -1.42. The second kappa shape index (κ2) is 9.73. The third-order valence-electron chi connectivity index (χ3n) is 4.56. The van der Waals surface area contributed by atoms with E-state index in [4.69, 9.17) is 4.74 Å². The van der Waals surface area contributed by atoms with Gasteiger partial charge in [0.1, 0.15) is 0 Å². The third kappa shape index (κ3) is 5.22. The van der Waals surface area contributed by atoms with Crippen LogP contribution >= 0.6 is 0 Å². The third-order valence-corrected chi connectivity index (χ3v) is 4.56. The van der Waals surface area contributed by atoms with E-state index >= 15 is 0 Å². The first-order chi connectivity index (χ1) is 13.4. The number of anilines is 1. The molecule has 0 aliphatic carbocycles. The SMILES string of the molecule is CCc1ccccc1NC(=O)CNC(=O)COC(=O)c1cc(C)n(CC)c1C. The first-order valence-electron chi connectivity index (χ1n) is 9.35. The number of hydrogen-bond donors (Lipinski definition) is 2. The molecule has 2 N–H and O–H groups in total. The fourth-order valence-electron chi connectivity index (χ4n) is 3.08. The zero-order valence-electron chi connectivity index (χ0n) is 16.8. The van der Waals surface area contributed by atoms with Gasteiger partial charge in [-0.1, -0.05) is 25.1 Å². The molecule has 0 saturated carbocycles. The number of benzene rings is 1. The van der Waals surface area contributed by atoms with Crippen molar-refractivity contribution in [3.05, 3.63) is 52.8 Å². The van der Waals surface area contributed by atoms with Crippen LogP contribution in [0.1, 0.15) is 41.2 Å². The summed E-state index contributed by atoms with van der Waals surface area (Å²) in [7, 11) is 0. The van der Waals surface area contributed by atoms with E-state index in [0.29, 0.717) is 5.56 Å². The summed E-state index contributed by atoms with van der Waals surface area (Å²) in [6.45, 7) is 7.86. The topological polar surface area (TPSA) is 89.4 Å². The molecule has 0 aliphatic rings. The molecule has 1 aromatic heterocycles. The van der Waals surface area contributed by atoms with E-state index < -0.39 is 18.5 Å². The highest BCUT2D eigenvalue weighted by atomic mass is 16.5. The van der Waals surface area contributed by atoms with Crippen molar-refractivity contribution in [2.45, 2.75) is 40.7 Å². The predicted molar refractivity (Wildman–Crippen MR) is 107 cm³/mol. The van der Waals surface area contributed by atoms with Gasteiger partial charge in [0.05, 0.1) is 12.1 Å². The minimum Gasteiger partial charge on any atom is -0.452 e. The van der Waals surface area contributed by atoms with Crippen LogP contribution in [0.25, 0.3) is 0 Å². The van der Waals surface area contributed by atoms with E-state index in [1.807, 2.05) is 56.5 Å². The summed E-state index contributed by atoms with van der Waals surface area (Å²) < 4.78 is 7.07. The zero-order chi connectivity index (χ0) is 20.7. The number of rotatable bonds is 8. The maximum absolute atomic E-state index is 12.2. The highest BCUT2D eigenvalue weighted by Crippen LogP contribution is 2.16. The van der Waals surface area contributed by atoms with E-state index in [0.717, 1.165) is 35.6 Å². The molecule has 0 bridgehead atoms. The van der Waals surface area contributed by atoms with Gasteiger partial charge < -0.3 is 19.9 Å². The van der Waals surface area contributed by atoms with Crippen molar-refractivity contribution < 1.29 is 19.1 Å². The molecule has 0 saturated heterocycles. The Hall–Kier alpha value is -3.09. The second-order valence-corrected chi connectivity index (χ2v) is 6.44. The monoisotopic (exact) mass is 385 g/mol. The Morgan fingerprint density at radius 3 is 2.43 bits per heavy atom. The summed E-state index contributed by atoms with van der Waals surface area (Å²) in [6.07, 6.45) is 0.789. The van der Waals surface area contributed by atoms with Gasteiger partial charge in [-0.05, 0) is 44.9 Å². The number of aryl methyl sites for hydroxylation is 2. The Bertz CT molecular complexity index is 871. The van der Waals surface area contributed by atoms with Gasteiger partial charge in [-0.3, -0.25) is 9.59 Å². The summed E-state index contributed by atoms with van der Waals surface area (Å²) >= 11 is 0. The molecule has 2 rings (SSSR count). The molecule has 0 fully saturated rings. The fourth-order valence-corrected chi connectivity index (χ4v) is 3.08. The van der Waals surface area contributed by atoms with Crippen molar-refractivity contribution >= 4 is 23.5 Å². The predicted octanol–water partition coefficient (Wildman–Crippen LogP) is 2.60. The van der Waals surface area contributed by atoms with Crippen LogP contribution in [0.2, 0.25) is 0 Å². The van der Waals surface area contributed by atoms with Gasteiger partial charge in [0.2, 0.25) is 5.91 Å². The Labute approximate surface area is 165 Å². The maximum Gasteiger partial charge on any atom is 0.340 e. The Morgan fingerprint density at radius 2 is 1.79 bits per heavy atom. The molecule has 0 radical (unpaired) electrons. The first-order valence-corrected chi connectivity index (χ1v) is 9.35. The molecule has 150 valence electrons. The molecular weight excluding hydrogens is 358 g/mol. The van der Waals surface area contributed by atoms with Gasteiger partial charge in [-0.2, -0.15) is 0 Å². The molecule has 2 amide bonds.